The number of ether oxygens (including phenoxy) is 2. The minimum Gasteiger partial charge on any atom is -0.494 e. The molecule has 4 heteroatoms. The van der Waals surface area contributed by atoms with Gasteiger partial charge in [0.1, 0.15) is 5.75 Å². The standard InChI is InChI=1S/C14H23NO3/c1-2-8-18-14-5-3-4-13(11-14)12-15-6-9-17-10-7-16/h3-5,11,15-16H,2,6-10,12H2,1H3. The Morgan fingerprint density at radius 1 is 1.22 bits per heavy atom. The van der Waals surface area contributed by atoms with Crippen LogP contribution in [0.3, 0.4) is 0 Å². The first kappa shape index (κ1) is 15.0. The summed E-state index contributed by atoms with van der Waals surface area (Å²) in [5.41, 5.74) is 1.20. The lowest BCUT2D eigenvalue weighted by Crippen LogP contribution is -2.20. The molecule has 1 aromatic rings. The molecular formula is C14H23NO3. The largest absolute Gasteiger partial charge is 0.494 e. The fourth-order valence-electron chi connectivity index (χ4n) is 1.51. The highest BCUT2D eigenvalue weighted by Gasteiger charge is 1.96. The first-order valence-electron chi connectivity index (χ1n) is 6.48. The number of hydrogen-bond donors (Lipinski definition) is 2. The molecule has 18 heavy (non-hydrogen) atoms. The summed E-state index contributed by atoms with van der Waals surface area (Å²) in [6.45, 7) is 5.53. The van der Waals surface area contributed by atoms with Gasteiger partial charge in [0.05, 0.1) is 26.4 Å². The summed E-state index contributed by atoms with van der Waals surface area (Å²) in [4.78, 5) is 0. The molecule has 0 saturated heterocycles. The molecule has 0 unspecified atom stereocenters. The molecule has 0 spiro atoms. The first-order valence-corrected chi connectivity index (χ1v) is 6.48. The topological polar surface area (TPSA) is 50.7 Å². The van der Waals surface area contributed by atoms with Crippen molar-refractivity contribution in [3.63, 3.8) is 0 Å². The molecule has 0 heterocycles. The van der Waals surface area contributed by atoms with Gasteiger partial charge in [-0.2, -0.15) is 0 Å². The Labute approximate surface area is 109 Å². The average Bonchev–Trinajstić information content (AvgIpc) is 2.41. The molecule has 0 amide bonds. The van der Waals surface area contributed by atoms with Crippen LogP contribution in [-0.2, 0) is 11.3 Å². The monoisotopic (exact) mass is 253 g/mol. The number of benzene rings is 1. The smallest absolute Gasteiger partial charge is 0.119 e. The molecule has 0 aliphatic carbocycles. The highest BCUT2D eigenvalue weighted by Crippen LogP contribution is 2.13. The van der Waals surface area contributed by atoms with Gasteiger partial charge in [-0.15, -0.1) is 0 Å². The van der Waals surface area contributed by atoms with Crippen molar-refractivity contribution in [2.75, 3.05) is 33.0 Å². The lowest BCUT2D eigenvalue weighted by Gasteiger charge is -2.08. The Bertz CT molecular complexity index is 318. The summed E-state index contributed by atoms with van der Waals surface area (Å²) in [6.07, 6.45) is 1.02. The molecule has 102 valence electrons. The minimum atomic E-state index is 0.0802. The second kappa shape index (κ2) is 9.88. The molecule has 4 nitrogen and oxygen atoms in total. The zero-order valence-corrected chi connectivity index (χ0v) is 11.0. The van der Waals surface area contributed by atoms with Crippen LogP contribution in [0.2, 0.25) is 0 Å². The van der Waals surface area contributed by atoms with Crippen molar-refractivity contribution in [2.45, 2.75) is 19.9 Å². The van der Waals surface area contributed by atoms with Gasteiger partial charge in [0.15, 0.2) is 0 Å². The molecule has 0 atom stereocenters. The molecule has 0 aromatic heterocycles. The van der Waals surface area contributed by atoms with Crippen LogP contribution in [0, 0.1) is 0 Å². The summed E-state index contributed by atoms with van der Waals surface area (Å²) in [5.74, 6) is 0.924. The average molecular weight is 253 g/mol. The predicted molar refractivity (Wildman–Crippen MR) is 71.8 cm³/mol. The van der Waals surface area contributed by atoms with E-state index in [1.54, 1.807) is 0 Å². The Morgan fingerprint density at radius 3 is 2.89 bits per heavy atom. The summed E-state index contributed by atoms with van der Waals surface area (Å²) in [7, 11) is 0. The van der Waals surface area contributed by atoms with E-state index in [2.05, 4.69) is 24.4 Å². The molecule has 1 aromatic carbocycles. The van der Waals surface area contributed by atoms with E-state index in [9.17, 15) is 0 Å². The first-order chi connectivity index (χ1) is 8.86. The number of hydrogen-bond acceptors (Lipinski definition) is 4. The van der Waals surface area contributed by atoms with E-state index in [0.29, 0.717) is 13.2 Å². The van der Waals surface area contributed by atoms with E-state index < -0.39 is 0 Å². The normalized spacial score (nSPS) is 10.6. The number of aliphatic hydroxyl groups excluding tert-OH is 1. The van der Waals surface area contributed by atoms with Crippen molar-refractivity contribution in [2.24, 2.45) is 0 Å². The summed E-state index contributed by atoms with van der Waals surface area (Å²) in [5, 5.41) is 11.8. The van der Waals surface area contributed by atoms with Gasteiger partial charge in [0.2, 0.25) is 0 Å². The molecule has 0 saturated carbocycles. The zero-order valence-electron chi connectivity index (χ0n) is 11.0. The third-order valence-corrected chi connectivity index (χ3v) is 2.36. The molecule has 0 radical (unpaired) electrons. The summed E-state index contributed by atoms with van der Waals surface area (Å²) in [6, 6.07) is 8.10. The van der Waals surface area contributed by atoms with Gasteiger partial charge in [-0.25, -0.2) is 0 Å². The van der Waals surface area contributed by atoms with Crippen molar-refractivity contribution in [1.29, 1.82) is 0 Å². The van der Waals surface area contributed by atoms with E-state index in [-0.39, 0.29) is 6.61 Å². The molecule has 0 bridgehead atoms. The number of nitrogens with one attached hydrogen (secondary N) is 1. The van der Waals surface area contributed by atoms with Gasteiger partial charge in [-0.3, -0.25) is 0 Å². The summed E-state index contributed by atoms with van der Waals surface area (Å²) >= 11 is 0. The fourth-order valence-corrected chi connectivity index (χ4v) is 1.51. The Morgan fingerprint density at radius 2 is 2.11 bits per heavy atom. The van der Waals surface area contributed by atoms with Crippen LogP contribution < -0.4 is 10.1 Å². The maximum absolute atomic E-state index is 8.54. The predicted octanol–water partition coefficient (Wildman–Crippen LogP) is 1.57. The van der Waals surface area contributed by atoms with Crippen LogP contribution >= 0.6 is 0 Å². The molecule has 0 fully saturated rings. The Balaban J connectivity index is 2.20. The van der Waals surface area contributed by atoms with Crippen molar-refractivity contribution in [1.82, 2.24) is 5.32 Å². The molecule has 0 aliphatic heterocycles. The highest BCUT2D eigenvalue weighted by atomic mass is 16.5. The van der Waals surface area contributed by atoms with E-state index in [0.717, 1.165) is 31.9 Å². The quantitative estimate of drug-likeness (QED) is 0.622. The maximum Gasteiger partial charge on any atom is 0.119 e. The zero-order chi connectivity index (χ0) is 13.1. The molecule has 2 N–H and O–H groups in total. The summed E-state index contributed by atoms with van der Waals surface area (Å²) < 4.78 is 10.7. The van der Waals surface area contributed by atoms with Crippen LogP contribution in [0.15, 0.2) is 24.3 Å². The van der Waals surface area contributed by atoms with Crippen LogP contribution in [0.4, 0.5) is 0 Å². The van der Waals surface area contributed by atoms with Crippen molar-refractivity contribution in [3.8, 4) is 5.75 Å². The van der Waals surface area contributed by atoms with E-state index in [1.807, 2.05) is 12.1 Å². The third kappa shape index (κ3) is 6.59. The third-order valence-electron chi connectivity index (χ3n) is 2.36. The molecular weight excluding hydrogens is 230 g/mol. The van der Waals surface area contributed by atoms with Crippen LogP contribution in [0.5, 0.6) is 5.75 Å². The maximum atomic E-state index is 8.54. The molecule has 0 aliphatic rings. The lowest BCUT2D eigenvalue weighted by molar-refractivity contribution is 0.0938. The molecule has 1 rings (SSSR count). The van der Waals surface area contributed by atoms with Crippen molar-refractivity contribution in [3.05, 3.63) is 29.8 Å². The SMILES string of the molecule is CCCOc1cccc(CNCCOCCO)c1. The van der Waals surface area contributed by atoms with E-state index in [1.165, 1.54) is 5.56 Å². The van der Waals surface area contributed by atoms with Crippen LogP contribution in [0.25, 0.3) is 0 Å². The van der Waals surface area contributed by atoms with Crippen molar-refractivity contribution >= 4 is 0 Å². The minimum absolute atomic E-state index is 0.0802. The van der Waals surface area contributed by atoms with Crippen molar-refractivity contribution < 1.29 is 14.6 Å². The van der Waals surface area contributed by atoms with Gasteiger partial charge < -0.3 is 19.9 Å². The number of aliphatic hydroxyl groups is 1. The van der Waals surface area contributed by atoms with E-state index in [4.69, 9.17) is 14.6 Å². The Hall–Kier alpha value is -1.10. The van der Waals surface area contributed by atoms with Gasteiger partial charge >= 0.3 is 0 Å². The van der Waals surface area contributed by atoms with E-state index >= 15 is 0 Å². The van der Waals surface area contributed by atoms with Gasteiger partial charge in [0.25, 0.3) is 0 Å². The highest BCUT2D eigenvalue weighted by molar-refractivity contribution is 5.28. The fraction of sp³-hybridized carbons (Fsp3) is 0.571. The second-order valence-corrected chi connectivity index (χ2v) is 4.01. The van der Waals surface area contributed by atoms with Crippen LogP contribution in [0.1, 0.15) is 18.9 Å². The van der Waals surface area contributed by atoms with Crippen LogP contribution in [-0.4, -0.2) is 38.1 Å². The lowest BCUT2D eigenvalue weighted by atomic mass is 10.2. The second-order valence-electron chi connectivity index (χ2n) is 4.01. The number of rotatable bonds is 10. The van der Waals surface area contributed by atoms with Gasteiger partial charge in [-0.05, 0) is 24.1 Å². The van der Waals surface area contributed by atoms with Gasteiger partial charge in [-0.1, -0.05) is 19.1 Å². The Kier molecular flexibility index (Phi) is 8.21. The van der Waals surface area contributed by atoms with Gasteiger partial charge in [0, 0.05) is 13.1 Å².